The van der Waals surface area contributed by atoms with Gasteiger partial charge >= 0.3 is 0 Å². The van der Waals surface area contributed by atoms with Gasteiger partial charge < -0.3 is 10.4 Å². The SMILES string of the molecule is CCC(C)(C)CNC(=O)c1ccc(C)cc1C#CCO. The van der Waals surface area contributed by atoms with Gasteiger partial charge in [0, 0.05) is 12.1 Å². The molecule has 20 heavy (non-hydrogen) atoms. The lowest BCUT2D eigenvalue weighted by Gasteiger charge is -2.23. The fourth-order valence-electron chi connectivity index (χ4n) is 1.63. The van der Waals surface area contributed by atoms with Gasteiger partial charge in [-0.05, 0) is 36.5 Å². The van der Waals surface area contributed by atoms with E-state index in [4.69, 9.17) is 5.11 Å². The first-order chi connectivity index (χ1) is 9.39. The fourth-order valence-corrected chi connectivity index (χ4v) is 1.63. The van der Waals surface area contributed by atoms with Gasteiger partial charge in [-0.15, -0.1) is 0 Å². The van der Waals surface area contributed by atoms with Crippen molar-refractivity contribution in [3.63, 3.8) is 0 Å². The number of aliphatic hydroxyl groups is 1. The van der Waals surface area contributed by atoms with Gasteiger partial charge in [0.2, 0.25) is 0 Å². The van der Waals surface area contributed by atoms with E-state index in [-0.39, 0.29) is 17.9 Å². The summed E-state index contributed by atoms with van der Waals surface area (Å²) in [5, 5.41) is 11.8. The predicted molar refractivity (Wildman–Crippen MR) is 81.5 cm³/mol. The highest BCUT2D eigenvalue weighted by molar-refractivity contribution is 5.96. The van der Waals surface area contributed by atoms with Crippen LogP contribution in [0.5, 0.6) is 0 Å². The summed E-state index contributed by atoms with van der Waals surface area (Å²) in [5.41, 5.74) is 2.34. The van der Waals surface area contributed by atoms with Gasteiger partial charge in [-0.2, -0.15) is 0 Å². The molecule has 108 valence electrons. The standard InChI is InChI=1S/C17H23NO2/c1-5-17(3,4)12-18-16(20)15-9-8-13(2)11-14(15)7-6-10-19/h8-9,11,19H,5,10,12H2,1-4H3,(H,18,20). The molecule has 1 rings (SSSR count). The number of rotatable bonds is 4. The third kappa shape index (κ3) is 4.71. The topological polar surface area (TPSA) is 49.3 Å². The van der Waals surface area contributed by atoms with Gasteiger partial charge in [-0.25, -0.2) is 0 Å². The minimum Gasteiger partial charge on any atom is -0.384 e. The summed E-state index contributed by atoms with van der Waals surface area (Å²) in [4.78, 5) is 12.3. The van der Waals surface area contributed by atoms with Crippen LogP contribution in [0.4, 0.5) is 0 Å². The van der Waals surface area contributed by atoms with Crippen molar-refractivity contribution in [2.75, 3.05) is 13.2 Å². The molecule has 0 spiro atoms. The zero-order valence-corrected chi connectivity index (χ0v) is 12.7. The van der Waals surface area contributed by atoms with E-state index in [9.17, 15) is 4.79 Å². The van der Waals surface area contributed by atoms with Gasteiger partial charge in [0.15, 0.2) is 0 Å². The molecule has 0 bridgehead atoms. The van der Waals surface area contributed by atoms with Crippen LogP contribution in [0.1, 0.15) is 48.7 Å². The maximum absolute atomic E-state index is 12.3. The molecular weight excluding hydrogens is 250 g/mol. The van der Waals surface area contributed by atoms with E-state index in [1.165, 1.54) is 0 Å². The third-order valence-corrected chi connectivity index (χ3v) is 3.41. The number of aliphatic hydroxyl groups excluding tert-OH is 1. The van der Waals surface area contributed by atoms with Gasteiger partial charge in [-0.1, -0.05) is 38.7 Å². The number of hydrogen-bond donors (Lipinski definition) is 2. The zero-order chi connectivity index (χ0) is 15.2. The smallest absolute Gasteiger partial charge is 0.252 e. The lowest BCUT2D eigenvalue weighted by Crippen LogP contribution is -2.34. The summed E-state index contributed by atoms with van der Waals surface area (Å²) < 4.78 is 0. The second kappa shape index (κ2) is 7.12. The second-order valence-electron chi connectivity index (χ2n) is 5.71. The van der Waals surface area contributed by atoms with Gasteiger partial charge in [-0.3, -0.25) is 4.79 Å². The predicted octanol–water partition coefficient (Wildman–Crippen LogP) is 2.50. The highest BCUT2D eigenvalue weighted by Gasteiger charge is 2.17. The molecule has 0 radical (unpaired) electrons. The molecule has 3 nitrogen and oxygen atoms in total. The summed E-state index contributed by atoms with van der Waals surface area (Å²) in [6.07, 6.45) is 0.998. The molecule has 0 saturated heterocycles. The molecule has 0 fully saturated rings. The molecule has 1 aromatic rings. The summed E-state index contributed by atoms with van der Waals surface area (Å²) in [6, 6.07) is 5.54. The molecule has 2 N–H and O–H groups in total. The first-order valence-electron chi connectivity index (χ1n) is 6.88. The molecule has 1 aromatic carbocycles. The summed E-state index contributed by atoms with van der Waals surface area (Å²) in [6.45, 7) is 8.72. The first kappa shape index (κ1) is 16.3. The van der Waals surface area contributed by atoms with Crippen molar-refractivity contribution < 1.29 is 9.90 Å². The summed E-state index contributed by atoms with van der Waals surface area (Å²) in [5.74, 6) is 5.31. The molecule has 0 unspecified atom stereocenters. The minimum atomic E-state index is -0.210. The van der Waals surface area contributed by atoms with Crippen molar-refractivity contribution in [3.8, 4) is 11.8 Å². The Balaban J connectivity index is 2.92. The number of carbonyl (C=O) groups excluding carboxylic acids is 1. The van der Waals surface area contributed by atoms with Crippen molar-refractivity contribution >= 4 is 5.91 Å². The molecule has 0 aromatic heterocycles. The van der Waals surface area contributed by atoms with Crippen LogP contribution in [0.25, 0.3) is 0 Å². The molecule has 0 heterocycles. The van der Waals surface area contributed by atoms with E-state index < -0.39 is 0 Å². The maximum Gasteiger partial charge on any atom is 0.252 e. The third-order valence-electron chi connectivity index (χ3n) is 3.41. The van der Waals surface area contributed by atoms with Gasteiger partial charge in [0.05, 0.1) is 5.56 Å². The Morgan fingerprint density at radius 1 is 1.40 bits per heavy atom. The lowest BCUT2D eigenvalue weighted by atomic mass is 9.90. The summed E-state index contributed by atoms with van der Waals surface area (Å²) in [7, 11) is 0. The Kier molecular flexibility index (Phi) is 5.79. The average molecular weight is 273 g/mol. The highest BCUT2D eigenvalue weighted by atomic mass is 16.2. The Hall–Kier alpha value is -1.79. The van der Waals surface area contributed by atoms with Crippen LogP contribution in [0, 0.1) is 24.2 Å². The van der Waals surface area contributed by atoms with E-state index in [0.29, 0.717) is 17.7 Å². The molecule has 0 saturated carbocycles. The second-order valence-corrected chi connectivity index (χ2v) is 5.71. The van der Waals surface area contributed by atoms with E-state index in [2.05, 4.69) is 37.9 Å². The quantitative estimate of drug-likeness (QED) is 0.828. The van der Waals surface area contributed by atoms with Gasteiger partial charge in [0.25, 0.3) is 5.91 Å². The maximum atomic E-state index is 12.3. The van der Waals surface area contributed by atoms with Crippen LogP contribution in [0.15, 0.2) is 18.2 Å². The highest BCUT2D eigenvalue weighted by Crippen LogP contribution is 2.18. The molecular formula is C17H23NO2. The van der Waals surface area contributed by atoms with Gasteiger partial charge in [0.1, 0.15) is 6.61 Å². The van der Waals surface area contributed by atoms with Crippen molar-refractivity contribution in [2.24, 2.45) is 5.41 Å². The van der Waals surface area contributed by atoms with Crippen LogP contribution in [0.2, 0.25) is 0 Å². The molecule has 0 atom stereocenters. The largest absolute Gasteiger partial charge is 0.384 e. The Bertz CT molecular complexity index is 536. The van der Waals surface area contributed by atoms with Crippen molar-refractivity contribution in [3.05, 3.63) is 34.9 Å². The zero-order valence-electron chi connectivity index (χ0n) is 12.7. The van der Waals surface area contributed by atoms with Crippen LogP contribution < -0.4 is 5.32 Å². The normalized spacial score (nSPS) is 10.7. The lowest BCUT2D eigenvalue weighted by molar-refractivity contribution is 0.0935. The number of nitrogens with one attached hydrogen (secondary N) is 1. The van der Waals surface area contributed by atoms with E-state index in [1.807, 2.05) is 19.1 Å². The fraction of sp³-hybridized carbons (Fsp3) is 0.471. The van der Waals surface area contributed by atoms with Crippen LogP contribution >= 0.6 is 0 Å². The molecule has 1 amide bonds. The number of carbonyl (C=O) groups is 1. The number of hydrogen-bond acceptors (Lipinski definition) is 2. The molecule has 0 aliphatic carbocycles. The first-order valence-corrected chi connectivity index (χ1v) is 6.88. The molecule has 0 aliphatic rings. The van der Waals surface area contributed by atoms with Crippen molar-refractivity contribution in [1.29, 1.82) is 0 Å². The Labute approximate surface area is 121 Å². The average Bonchev–Trinajstić information content (AvgIpc) is 2.42. The molecule has 0 aliphatic heterocycles. The minimum absolute atomic E-state index is 0.0807. The van der Waals surface area contributed by atoms with E-state index in [1.54, 1.807) is 6.07 Å². The summed E-state index contributed by atoms with van der Waals surface area (Å²) >= 11 is 0. The number of aryl methyl sites for hydroxylation is 1. The van der Waals surface area contributed by atoms with Crippen LogP contribution in [0.3, 0.4) is 0 Å². The van der Waals surface area contributed by atoms with Crippen LogP contribution in [-0.2, 0) is 0 Å². The number of amides is 1. The van der Waals surface area contributed by atoms with Crippen molar-refractivity contribution in [1.82, 2.24) is 5.32 Å². The van der Waals surface area contributed by atoms with E-state index >= 15 is 0 Å². The monoisotopic (exact) mass is 273 g/mol. The van der Waals surface area contributed by atoms with E-state index in [0.717, 1.165) is 12.0 Å². The number of benzene rings is 1. The Morgan fingerprint density at radius 3 is 2.70 bits per heavy atom. The molecule has 3 heteroatoms. The van der Waals surface area contributed by atoms with Crippen molar-refractivity contribution in [2.45, 2.75) is 34.1 Å². The Morgan fingerprint density at radius 2 is 2.10 bits per heavy atom. The van der Waals surface area contributed by atoms with Crippen LogP contribution in [-0.4, -0.2) is 24.2 Å².